The highest BCUT2D eigenvalue weighted by Crippen LogP contribution is 2.02. The number of imidazole rings is 1. The average Bonchev–Trinajstić information content (AvgIpc) is 2.35. The van der Waals surface area contributed by atoms with E-state index in [4.69, 9.17) is 5.73 Å². The highest BCUT2D eigenvalue weighted by molar-refractivity contribution is 5.43. The number of hydrogen-bond donors (Lipinski definition) is 2. The van der Waals surface area contributed by atoms with Gasteiger partial charge in [0.25, 0.3) is 0 Å². The van der Waals surface area contributed by atoms with E-state index in [1.54, 1.807) is 16.9 Å². The molecule has 0 aromatic carbocycles. The van der Waals surface area contributed by atoms with Crippen LogP contribution in [0.5, 0.6) is 0 Å². The minimum atomic E-state index is 0.572. The number of aromatic amines is 1. The summed E-state index contributed by atoms with van der Waals surface area (Å²) in [5.74, 6) is 0.572. The van der Waals surface area contributed by atoms with Crippen LogP contribution in [0.4, 0.5) is 5.82 Å². The Balaban J connectivity index is 2.99. The molecule has 0 spiro atoms. The first-order valence-corrected chi connectivity index (χ1v) is 2.50. The standard InChI is InChI=1S/C4H5N5/c5-3-1-6-4-2-7-8-9(3)4/h1-2,8H,5H2. The molecule has 0 aliphatic rings. The van der Waals surface area contributed by atoms with Gasteiger partial charge in [-0.1, -0.05) is 0 Å². The van der Waals surface area contributed by atoms with Gasteiger partial charge < -0.3 is 5.73 Å². The smallest absolute Gasteiger partial charge is 0.175 e. The van der Waals surface area contributed by atoms with Gasteiger partial charge in [0.1, 0.15) is 5.82 Å². The molecular weight excluding hydrogens is 118 g/mol. The van der Waals surface area contributed by atoms with E-state index < -0.39 is 0 Å². The van der Waals surface area contributed by atoms with Crippen molar-refractivity contribution in [1.29, 1.82) is 0 Å². The number of nitrogens with two attached hydrogens (primary N) is 1. The summed E-state index contributed by atoms with van der Waals surface area (Å²) in [6.45, 7) is 0. The van der Waals surface area contributed by atoms with Gasteiger partial charge in [-0.25, -0.2) is 14.7 Å². The van der Waals surface area contributed by atoms with Gasteiger partial charge in [-0.05, 0) is 0 Å². The van der Waals surface area contributed by atoms with Crippen LogP contribution in [-0.4, -0.2) is 19.8 Å². The average molecular weight is 123 g/mol. The Morgan fingerprint density at radius 3 is 3.22 bits per heavy atom. The summed E-state index contributed by atoms with van der Waals surface area (Å²) in [4.78, 5) is 3.92. The summed E-state index contributed by atoms with van der Waals surface area (Å²) in [5, 5.41) is 6.36. The summed E-state index contributed by atoms with van der Waals surface area (Å²) >= 11 is 0. The van der Waals surface area contributed by atoms with Crippen LogP contribution in [0.1, 0.15) is 0 Å². The summed E-state index contributed by atoms with van der Waals surface area (Å²) in [5.41, 5.74) is 6.19. The molecule has 2 rings (SSSR count). The lowest BCUT2D eigenvalue weighted by Gasteiger charge is -1.82. The molecule has 0 amide bonds. The molecule has 0 atom stereocenters. The number of nitrogens with zero attached hydrogens (tertiary/aromatic N) is 3. The van der Waals surface area contributed by atoms with E-state index in [1.807, 2.05) is 0 Å². The van der Waals surface area contributed by atoms with E-state index in [2.05, 4.69) is 15.3 Å². The van der Waals surface area contributed by atoms with Crippen LogP contribution in [0.25, 0.3) is 5.65 Å². The molecule has 0 bridgehead atoms. The fourth-order valence-electron chi connectivity index (χ4n) is 0.724. The van der Waals surface area contributed by atoms with Crippen LogP contribution in [0.15, 0.2) is 12.4 Å². The Morgan fingerprint density at radius 2 is 2.44 bits per heavy atom. The Kier molecular flexibility index (Phi) is 0.606. The summed E-state index contributed by atoms with van der Waals surface area (Å²) < 4.78 is 1.60. The number of nitrogens with one attached hydrogen (secondary N) is 1. The highest BCUT2D eigenvalue weighted by atomic mass is 15.4. The van der Waals surface area contributed by atoms with Crippen LogP contribution in [0, 0.1) is 0 Å². The molecule has 3 N–H and O–H groups in total. The van der Waals surface area contributed by atoms with Crippen LogP contribution >= 0.6 is 0 Å². The van der Waals surface area contributed by atoms with Gasteiger partial charge in [0, 0.05) is 0 Å². The zero-order valence-electron chi connectivity index (χ0n) is 4.57. The van der Waals surface area contributed by atoms with Crippen molar-refractivity contribution in [1.82, 2.24) is 19.8 Å². The van der Waals surface area contributed by atoms with Crippen molar-refractivity contribution in [3.63, 3.8) is 0 Å². The number of hydrogen-bond acceptors (Lipinski definition) is 3. The van der Waals surface area contributed by atoms with Gasteiger partial charge in [0.2, 0.25) is 0 Å². The maximum absolute atomic E-state index is 5.45. The number of aromatic nitrogens is 4. The third-order valence-electron chi connectivity index (χ3n) is 1.15. The zero-order valence-corrected chi connectivity index (χ0v) is 4.57. The first kappa shape index (κ1) is 4.37. The fraction of sp³-hybridized carbons (Fsp3) is 0. The molecule has 5 heteroatoms. The van der Waals surface area contributed by atoms with Crippen LogP contribution in [0.2, 0.25) is 0 Å². The Hall–Kier alpha value is -1.52. The third kappa shape index (κ3) is 0.426. The largest absolute Gasteiger partial charge is 0.382 e. The Morgan fingerprint density at radius 1 is 1.56 bits per heavy atom. The van der Waals surface area contributed by atoms with Crippen molar-refractivity contribution in [2.24, 2.45) is 0 Å². The fourth-order valence-corrected chi connectivity index (χ4v) is 0.724. The molecule has 0 aliphatic carbocycles. The molecule has 2 aromatic heterocycles. The molecule has 9 heavy (non-hydrogen) atoms. The zero-order chi connectivity index (χ0) is 6.27. The molecule has 0 fully saturated rings. The second-order valence-corrected chi connectivity index (χ2v) is 1.73. The van der Waals surface area contributed by atoms with Gasteiger partial charge in [0.15, 0.2) is 5.65 Å². The second kappa shape index (κ2) is 1.25. The predicted octanol–water partition coefficient (Wildman–Crippen LogP) is -0.360. The van der Waals surface area contributed by atoms with E-state index in [0.29, 0.717) is 5.82 Å². The summed E-state index contributed by atoms with van der Waals surface area (Å²) in [6.07, 6.45) is 3.18. The lowest BCUT2D eigenvalue weighted by Crippen LogP contribution is -1.91. The van der Waals surface area contributed by atoms with Crippen LogP contribution < -0.4 is 5.73 Å². The quantitative estimate of drug-likeness (QED) is 0.502. The highest BCUT2D eigenvalue weighted by Gasteiger charge is 1.96. The molecule has 0 aliphatic heterocycles. The maximum Gasteiger partial charge on any atom is 0.175 e. The van der Waals surface area contributed by atoms with E-state index in [9.17, 15) is 0 Å². The molecule has 2 aromatic rings. The van der Waals surface area contributed by atoms with Crippen molar-refractivity contribution in [3.05, 3.63) is 12.4 Å². The molecule has 0 saturated carbocycles. The first-order chi connectivity index (χ1) is 4.38. The van der Waals surface area contributed by atoms with E-state index >= 15 is 0 Å². The SMILES string of the molecule is Nc1cnc2cn[nH]n12. The number of rotatable bonds is 0. The van der Waals surface area contributed by atoms with Crippen molar-refractivity contribution in [3.8, 4) is 0 Å². The number of H-pyrrole nitrogens is 1. The van der Waals surface area contributed by atoms with Crippen molar-refractivity contribution < 1.29 is 0 Å². The summed E-state index contributed by atoms with van der Waals surface area (Å²) in [6, 6.07) is 0. The molecular formula is C4H5N5. The van der Waals surface area contributed by atoms with Gasteiger partial charge in [-0.3, -0.25) is 0 Å². The van der Waals surface area contributed by atoms with E-state index in [0.717, 1.165) is 5.65 Å². The number of fused-ring (bicyclic) bond motifs is 1. The monoisotopic (exact) mass is 123 g/mol. The van der Waals surface area contributed by atoms with Gasteiger partial charge in [-0.15, -0.1) is 0 Å². The predicted molar refractivity (Wildman–Crippen MR) is 31.8 cm³/mol. The van der Waals surface area contributed by atoms with E-state index in [1.165, 1.54) is 0 Å². The topological polar surface area (TPSA) is 72.0 Å². The Labute approximate surface area is 50.5 Å². The molecule has 5 nitrogen and oxygen atoms in total. The summed E-state index contributed by atoms with van der Waals surface area (Å²) in [7, 11) is 0. The third-order valence-corrected chi connectivity index (χ3v) is 1.15. The molecule has 0 saturated heterocycles. The number of nitrogen functional groups attached to an aromatic ring is 1. The van der Waals surface area contributed by atoms with Crippen molar-refractivity contribution in [2.75, 3.05) is 5.73 Å². The first-order valence-electron chi connectivity index (χ1n) is 2.50. The Bertz CT molecular complexity index is 318. The molecule has 0 unspecified atom stereocenters. The normalized spacial score (nSPS) is 10.7. The van der Waals surface area contributed by atoms with Gasteiger partial charge in [0.05, 0.1) is 12.4 Å². The maximum atomic E-state index is 5.45. The number of anilines is 1. The lowest BCUT2D eigenvalue weighted by atomic mass is 10.8. The molecule has 0 radical (unpaired) electrons. The van der Waals surface area contributed by atoms with Crippen molar-refractivity contribution in [2.45, 2.75) is 0 Å². The molecule has 46 valence electrons. The van der Waals surface area contributed by atoms with Gasteiger partial charge >= 0.3 is 0 Å². The van der Waals surface area contributed by atoms with Crippen molar-refractivity contribution >= 4 is 11.5 Å². The minimum Gasteiger partial charge on any atom is -0.382 e. The second-order valence-electron chi connectivity index (χ2n) is 1.73. The van der Waals surface area contributed by atoms with Gasteiger partial charge in [-0.2, -0.15) is 5.10 Å². The lowest BCUT2D eigenvalue weighted by molar-refractivity contribution is 0.870. The minimum absolute atomic E-state index is 0.572. The van der Waals surface area contributed by atoms with Crippen LogP contribution in [-0.2, 0) is 0 Å². The van der Waals surface area contributed by atoms with Crippen LogP contribution in [0.3, 0.4) is 0 Å². The molecule has 2 heterocycles. The van der Waals surface area contributed by atoms with E-state index in [-0.39, 0.29) is 0 Å².